The maximum absolute atomic E-state index is 11.9. The zero-order chi connectivity index (χ0) is 13.9. The van der Waals surface area contributed by atoms with E-state index < -0.39 is 5.41 Å². The summed E-state index contributed by atoms with van der Waals surface area (Å²) in [7, 11) is 0. The number of hydrogen-bond acceptors (Lipinski definition) is 5. The van der Waals surface area contributed by atoms with E-state index in [-0.39, 0.29) is 12.2 Å². The highest BCUT2D eigenvalue weighted by molar-refractivity contribution is 5.84. The molecular formula is C14H17N3O2. The predicted molar refractivity (Wildman–Crippen MR) is 69.5 cm³/mol. The quantitative estimate of drug-likeness (QED) is 0.842. The topological polar surface area (TPSA) is 68.9 Å². The lowest BCUT2D eigenvalue weighted by atomic mass is 9.89. The Bertz CT molecular complexity index is 556. The smallest absolute Gasteiger partial charge is 0.234 e. The molecule has 0 aliphatic rings. The van der Waals surface area contributed by atoms with Crippen LogP contribution in [0.4, 0.5) is 0 Å². The van der Waals surface area contributed by atoms with E-state index in [1.54, 1.807) is 12.4 Å². The van der Waals surface area contributed by atoms with E-state index in [1.807, 2.05) is 32.9 Å². The van der Waals surface area contributed by atoms with Crippen LogP contribution < -0.4 is 0 Å². The third-order valence-corrected chi connectivity index (χ3v) is 2.74. The number of rotatable bonds is 4. The molecule has 0 radical (unpaired) electrons. The summed E-state index contributed by atoms with van der Waals surface area (Å²) in [6.45, 7) is 5.63. The Morgan fingerprint density at radius 1 is 1.37 bits per heavy atom. The van der Waals surface area contributed by atoms with Crippen molar-refractivity contribution in [1.29, 1.82) is 0 Å². The van der Waals surface area contributed by atoms with Gasteiger partial charge in [0.15, 0.2) is 5.82 Å². The molecular weight excluding hydrogens is 242 g/mol. The Labute approximate surface area is 112 Å². The van der Waals surface area contributed by atoms with Crippen molar-refractivity contribution in [2.75, 3.05) is 0 Å². The molecule has 0 unspecified atom stereocenters. The first-order chi connectivity index (χ1) is 8.95. The first-order valence-electron chi connectivity index (χ1n) is 6.19. The number of pyridine rings is 1. The van der Waals surface area contributed by atoms with Crippen molar-refractivity contribution in [3.8, 4) is 0 Å². The molecule has 100 valence electrons. The van der Waals surface area contributed by atoms with Crippen LogP contribution in [-0.4, -0.2) is 20.9 Å². The SMILES string of the molecule is CC(C)(C)C(=O)Cc1nc(Cc2cccnc2)no1. The van der Waals surface area contributed by atoms with Crippen molar-refractivity contribution in [2.45, 2.75) is 33.6 Å². The Balaban J connectivity index is 2.02. The second kappa shape index (κ2) is 5.30. The fraction of sp³-hybridized carbons (Fsp3) is 0.429. The van der Waals surface area contributed by atoms with Crippen molar-refractivity contribution >= 4 is 5.78 Å². The summed E-state index contributed by atoms with van der Waals surface area (Å²) in [5.41, 5.74) is 0.620. The molecule has 2 aromatic heterocycles. The largest absolute Gasteiger partial charge is 0.339 e. The maximum Gasteiger partial charge on any atom is 0.234 e. The molecule has 2 heterocycles. The van der Waals surface area contributed by atoms with Gasteiger partial charge in [-0.2, -0.15) is 4.98 Å². The molecule has 5 nitrogen and oxygen atoms in total. The predicted octanol–water partition coefficient (Wildman–Crippen LogP) is 2.21. The molecule has 19 heavy (non-hydrogen) atoms. The average molecular weight is 259 g/mol. The van der Waals surface area contributed by atoms with Gasteiger partial charge in [0.25, 0.3) is 0 Å². The molecule has 0 saturated heterocycles. The van der Waals surface area contributed by atoms with Gasteiger partial charge in [0.05, 0.1) is 6.42 Å². The van der Waals surface area contributed by atoms with E-state index in [0.29, 0.717) is 18.1 Å². The van der Waals surface area contributed by atoms with Crippen molar-refractivity contribution in [2.24, 2.45) is 5.41 Å². The minimum absolute atomic E-state index is 0.0871. The fourth-order valence-electron chi connectivity index (χ4n) is 1.52. The number of nitrogens with zero attached hydrogens (tertiary/aromatic N) is 3. The second-order valence-electron chi connectivity index (χ2n) is 5.49. The molecule has 0 spiro atoms. The van der Waals surface area contributed by atoms with Gasteiger partial charge in [-0.25, -0.2) is 0 Å². The molecule has 5 heteroatoms. The first kappa shape index (κ1) is 13.4. The molecule has 2 aromatic rings. The third kappa shape index (κ3) is 3.71. The number of aromatic nitrogens is 3. The van der Waals surface area contributed by atoms with Crippen LogP contribution in [0.1, 0.15) is 38.0 Å². The second-order valence-corrected chi connectivity index (χ2v) is 5.49. The number of Topliss-reactive ketones (excluding diaryl/α,β-unsaturated/α-hetero) is 1. The van der Waals surface area contributed by atoms with Gasteiger partial charge in [-0.3, -0.25) is 9.78 Å². The minimum Gasteiger partial charge on any atom is -0.339 e. The highest BCUT2D eigenvalue weighted by Crippen LogP contribution is 2.17. The lowest BCUT2D eigenvalue weighted by Gasteiger charge is -2.14. The number of carbonyl (C=O) groups is 1. The van der Waals surface area contributed by atoms with Crippen LogP contribution >= 0.6 is 0 Å². The van der Waals surface area contributed by atoms with E-state index in [2.05, 4.69) is 15.1 Å². The molecule has 0 fully saturated rings. The standard InChI is InChI=1S/C14H17N3O2/c1-14(2,3)11(18)8-13-16-12(17-19-13)7-10-5-4-6-15-9-10/h4-6,9H,7-8H2,1-3H3. The van der Waals surface area contributed by atoms with Crippen LogP contribution in [0.25, 0.3) is 0 Å². The average Bonchev–Trinajstić information content (AvgIpc) is 2.76. The van der Waals surface area contributed by atoms with E-state index in [4.69, 9.17) is 4.52 Å². The summed E-state index contributed by atoms with van der Waals surface area (Å²) in [6, 6.07) is 3.81. The molecule has 0 amide bonds. The van der Waals surface area contributed by atoms with Gasteiger partial charge in [0, 0.05) is 24.2 Å². The number of carbonyl (C=O) groups excluding carboxylic acids is 1. The van der Waals surface area contributed by atoms with Gasteiger partial charge in [-0.1, -0.05) is 32.0 Å². The summed E-state index contributed by atoms with van der Waals surface area (Å²) < 4.78 is 5.10. The van der Waals surface area contributed by atoms with Crippen LogP contribution in [0.5, 0.6) is 0 Å². The monoisotopic (exact) mass is 259 g/mol. The Kier molecular flexibility index (Phi) is 3.74. The van der Waals surface area contributed by atoms with Gasteiger partial charge < -0.3 is 4.52 Å². The lowest BCUT2D eigenvalue weighted by molar-refractivity contribution is -0.125. The number of ketones is 1. The van der Waals surface area contributed by atoms with Crippen LogP contribution in [0.2, 0.25) is 0 Å². The normalized spacial score (nSPS) is 11.5. The molecule has 2 rings (SSSR count). The van der Waals surface area contributed by atoms with Gasteiger partial charge >= 0.3 is 0 Å². The summed E-state index contributed by atoms with van der Waals surface area (Å²) in [4.78, 5) is 20.1. The van der Waals surface area contributed by atoms with Crippen LogP contribution in [0, 0.1) is 5.41 Å². The first-order valence-corrected chi connectivity index (χ1v) is 6.19. The third-order valence-electron chi connectivity index (χ3n) is 2.74. The van der Waals surface area contributed by atoms with E-state index in [1.165, 1.54) is 0 Å². The molecule has 0 aliphatic carbocycles. The van der Waals surface area contributed by atoms with E-state index in [0.717, 1.165) is 5.56 Å². The highest BCUT2D eigenvalue weighted by Gasteiger charge is 2.23. The lowest BCUT2D eigenvalue weighted by Crippen LogP contribution is -2.22. The molecule has 0 saturated carbocycles. The summed E-state index contributed by atoms with van der Waals surface area (Å²) in [6.07, 6.45) is 4.22. The van der Waals surface area contributed by atoms with E-state index in [9.17, 15) is 4.79 Å². The van der Waals surface area contributed by atoms with Crippen LogP contribution in [-0.2, 0) is 17.6 Å². The summed E-state index contributed by atoms with van der Waals surface area (Å²) >= 11 is 0. The number of hydrogen-bond donors (Lipinski definition) is 0. The van der Waals surface area contributed by atoms with Crippen molar-refractivity contribution < 1.29 is 9.32 Å². The molecule has 0 N–H and O–H groups in total. The fourth-order valence-corrected chi connectivity index (χ4v) is 1.52. The Morgan fingerprint density at radius 2 is 2.16 bits per heavy atom. The van der Waals surface area contributed by atoms with Crippen LogP contribution in [0.3, 0.4) is 0 Å². The Morgan fingerprint density at radius 3 is 2.79 bits per heavy atom. The van der Waals surface area contributed by atoms with Crippen LogP contribution in [0.15, 0.2) is 29.0 Å². The van der Waals surface area contributed by atoms with Gasteiger partial charge in [-0.05, 0) is 11.6 Å². The van der Waals surface area contributed by atoms with Gasteiger partial charge in [0.1, 0.15) is 5.78 Å². The van der Waals surface area contributed by atoms with Crippen molar-refractivity contribution in [1.82, 2.24) is 15.1 Å². The zero-order valence-corrected chi connectivity index (χ0v) is 11.4. The molecule has 0 bridgehead atoms. The summed E-state index contributed by atoms with van der Waals surface area (Å²) in [5, 5.41) is 3.88. The van der Waals surface area contributed by atoms with E-state index >= 15 is 0 Å². The van der Waals surface area contributed by atoms with Gasteiger partial charge in [-0.15, -0.1) is 0 Å². The Hall–Kier alpha value is -2.04. The molecule has 0 aromatic carbocycles. The van der Waals surface area contributed by atoms with Crippen molar-refractivity contribution in [3.63, 3.8) is 0 Å². The maximum atomic E-state index is 11.9. The van der Waals surface area contributed by atoms with Gasteiger partial charge in [0.2, 0.25) is 5.89 Å². The highest BCUT2D eigenvalue weighted by atomic mass is 16.5. The zero-order valence-electron chi connectivity index (χ0n) is 11.4. The molecule has 0 aliphatic heterocycles. The molecule has 0 atom stereocenters. The van der Waals surface area contributed by atoms with Crippen molar-refractivity contribution in [3.05, 3.63) is 41.8 Å². The minimum atomic E-state index is -0.391. The summed E-state index contributed by atoms with van der Waals surface area (Å²) in [5.74, 6) is 1.03.